The molecular formula is C12H21N3O2. The number of hydrogen-bond donors (Lipinski definition) is 2. The third-order valence-electron chi connectivity index (χ3n) is 2.34. The number of aromatic nitrogens is 1. The molecule has 0 fully saturated rings. The van der Waals surface area contributed by atoms with Crippen LogP contribution in [0.25, 0.3) is 0 Å². The van der Waals surface area contributed by atoms with Crippen molar-refractivity contribution in [3.05, 3.63) is 17.3 Å². The van der Waals surface area contributed by atoms with Crippen LogP contribution in [0.15, 0.2) is 4.42 Å². The normalized spacial score (nSPS) is 11.6. The molecule has 3 N–H and O–H groups in total. The van der Waals surface area contributed by atoms with Gasteiger partial charge in [0, 0.05) is 12.0 Å². The van der Waals surface area contributed by atoms with Crippen LogP contribution in [0.2, 0.25) is 0 Å². The molecule has 1 amide bonds. The van der Waals surface area contributed by atoms with Gasteiger partial charge in [-0.1, -0.05) is 20.8 Å². The molecule has 5 nitrogen and oxygen atoms in total. The molecular weight excluding hydrogens is 218 g/mol. The van der Waals surface area contributed by atoms with E-state index in [2.05, 4.69) is 10.3 Å². The van der Waals surface area contributed by atoms with Crippen molar-refractivity contribution in [3.8, 4) is 0 Å². The Balaban J connectivity index is 2.76. The third kappa shape index (κ3) is 3.56. The predicted molar refractivity (Wildman–Crippen MR) is 65.9 cm³/mol. The Labute approximate surface area is 102 Å². The smallest absolute Gasteiger partial charge is 0.307 e. The number of hydrogen-bond acceptors (Lipinski definition) is 4. The van der Waals surface area contributed by atoms with E-state index in [0.29, 0.717) is 13.1 Å². The van der Waals surface area contributed by atoms with Gasteiger partial charge in [-0.3, -0.25) is 4.79 Å². The molecule has 0 bridgehead atoms. The molecule has 0 atom stereocenters. The number of nitrogens with two attached hydrogens (primary N) is 1. The van der Waals surface area contributed by atoms with E-state index in [1.807, 2.05) is 27.7 Å². The Hall–Kier alpha value is -1.36. The largest absolute Gasteiger partial charge is 0.437 e. The molecule has 0 saturated carbocycles. The number of oxazole rings is 1. The van der Waals surface area contributed by atoms with Gasteiger partial charge in [-0.05, 0) is 19.9 Å². The van der Waals surface area contributed by atoms with Gasteiger partial charge in [-0.2, -0.15) is 0 Å². The van der Waals surface area contributed by atoms with Crippen molar-refractivity contribution in [1.29, 1.82) is 0 Å². The van der Waals surface area contributed by atoms with E-state index < -0.39 is 0 Å². The van der Waals surface area contributed by atoms with E-state index in [4.69, 9.17) is 10.2 Å². The van der Waals surface area contributed by atoms with E-state index in [1.165, 1.54) is 0 Å². The molecule has 1 aromatic rings. The summed E-state index contributed by atoms with van der Waals surface area (Å²) in [5.41, 5.74) is 5.97. The standard InChI is InChI=1S/C12H21N3O2/c1-8-9(12(2,3)4)17-11(15-8)10(16)14-7-5-6-13/h5-7,13H2,1-4H3,(H,14,16). The van der Waals surface area contributed by atoms with Crippen LogP contribution in [0, 0.1) is 6.92 Å². The lowest BCUT2D eigenvalue weighted by Crippen LogP contribution is -2.26. The Morgan fingerprint density at radius 1 is 1.47 bits per heavy atom. The fourth-order valence-electron chi connectivity index (χ4n) is 1.57. The van der Waals surface area contributed by atoms with Gasteiger partial charge in [0.15, 0.2) is 0 Å². The van der Waals surface area contributed by atoms with E-state index in [-0.39, 0.29) is 17.2 Å². The first-order valence-corrected chi connectivity index (χ1v) is 5.82. The summed E-state index contributed by atoms with van der Waals surface area (Å²) in [7, 11) is 0. The van der Waals surface area contributed by atoms with Crippen molar-refractivity contribution >= 4 is 5.91 Å². The van der Waals surface area contributed by atoms with Gasteiger partial charge in [0.1, 0.15) is 5.76 Å². The summed E-state index contributed by atoms with van der Waals surface area (Å²) in [6, 6.07) is 0. The lowest BCUT2D eigenvalue weighted by atomic mass is 9.92. The fourth-order valence-corrected chi connectivity index (χ4v) is 1.57. The molecule has 0 aromatic carbocycles. The minimum absolute atomic E-state index is 0.129. The second-order valence-corrected chi connectivity index (χ2v) is 5.08. The number of nitrogens with one attached hydrogen (secondary N) is 1. The number of carbonyl (C=O) groups excluding carboxylic acids is 1. The van der Waals surface area contributed by atoms with Gasteiger partial charge in [-0.25, -0.2) is 4.98 Å². The average Bonchev–Trinajstić information content (AvgIpc) is 2.60. The first-order chi connectivity index (χ1) is 7.86. The predicted octanol–water partition coefficient (Wildman–Crippen LogP) is 1.36. The molecule has 1 rings (SSSR count). The maximum absolute atomic E-state index is 11.7. The number of rotatable bonds is 4. The quantitative estimate of drug-likeness (QED) is 0.777. The lowest BCUT2D eigenvalue weighted by Gasteiger charge is -2.14. The van der Waals surface area contributed by atoms with E-state index in [0.717, 1.165) is 17.9 Å². The zero-order chi connectivity index (χ0) is 13.1. The summed E-state index contributed by atoms with van der Waals surface area (Å²) < 4.78 is 5.52. The maximum Gasteiger partial charge on any atom is 0.307 e. The summed E-state index contributed by atoms with van der Waals surface area (Å²) >= 11 is 0. The van der Waals surface area contributed by atoms with Crippen molar-refractivity contribution in [3.63, 3.8) is 0 Å². The minimum atomic E-state index is -0.281. The van der Waals surface area contributed by atoms with Crippen LogP contribution in [0.4, 0.5) is 0 Å². The molecule has 0 saturated heterocycles. The second kappa shape index (κ2) is 5.31. The highest BCUT2D eigenvalue weighted by molar-refractivity contribution is 5.89. The highest BCUT2D eigenvalue weighted by Crippen LogP contribution is 2.26. The van der Waals surface area contributed by atoms with Gasteiger partial charge in [-0.15, -0.1) is 0 Å². The molecule has 96 valence electrons. The SMILES string of the molecule is Cc1nc(C(=O)NCCCN)oc1C(C)(C)C. The molecule has 0 spiro atoms. The van der Waals surface area contributed by atoms with E-state index in [9.17, 15) is 4.79 Å². The number of amides is 1. The van der Waals surface area contributed by atoms with Gasteiger partial charge >= 0.3 is 5.91 Å². The average molecular weight is 239 g/mol. The first-order valence-electron chi connectivity index (χ1n) is 5.82. The highest BCUT2D eigenvalue weighted by atomic mass is 16.4. The fraction of sp³-hybridized carbons (Fsp3) is 0.667. The Kier molecular flexibility index (Phi) is 4.28. The van der Waals surface area contributed by atoms with Crippen molar-refractivity contribution in [2.75, 3.05) is 13.1 Å². The Morgan fingerprint density at radius 2 is 2.12 bits per heavy atom. The molecule has 0 aliphatic rings. The maximum atomic E-state index is 11.7. The molecule has 0 aliphatic carbocycles. The molecule has 0 unspecified atom stereocenters. The number of nitrogens with zero attached hydrogens (tertiary/aromatic N) is 1. The molecule has 0 aliphatic heterocycles. The highest BCUT2D eigenvalue weighted by Gasteiger charge is 2.25. The number of aryl methyl sites for hydroxylation is 1. The van der Waals surface area contributed by atoms with Crippen LogP contribution in [0.3, 0.4) is 0 Å². The van der Waals surface area contributed by atoms with Crippen LogP contribution < -0.4 is 11.1 Å². The first kappa shape index (κ1) is 13.7. The Bertz CT molecular complexity index is 391. The van der Waals surface area contributed by atoms with Crippen LogP contribution in [0.1, 0.15) is 49.3 Å². The molecule has 1 aromatic heterocycles. The van der Waals surface area contributed by atoms with Crippen molar-refractivity contribution in [1.82, 2.24) is 10.3 Å². The molecule has 17 heavy (non-hydrogen) atoms. The van der Waals surface area contributed by atoms with Crippen molar-refractivity contribution in [2.45, 2.75) is 39.5 Å². The molecule has 5 heteroatoms. The monoisotopic (exact) mass is 239 g/mol. The zero-order valence-electron chi connectivity index (χ0n) is 11.0. The zero-order valence-corrected chi connectivity index (χ0v) is 11.0. The van der Waals surface area contributed by atoms with Gasteiger partial charge < -0.3 is 15.5 Å². The van der Waals surface area contributed by atoms with Crippen molar-refractivity contribution < 1.29 is 9.21 Å². The summed E-state index contributed by atoms with van der Waals surface area (Å²) in [5.74, 6) is 0.600. The van der Waals surface area contributed by atoms with Crippen LogP contribution >= 0.6 is 0 Å². The summed E-state index contributed by atoms with van der Waals surface area (Å²) in [5, 5.41) is 2.72. The van der Waals surface area contributed by atoms with Crippen LogP contribution in [0.5, 0.6) is 0 Å². The molecule has 0 radical (unpaired) electrons. The second-order valence-electron chi connectivity index (χ2n) is 5.08. The summed E-state index contributed by atoms with van der Waals surface area (Å²) in [6.07, 6.45) is 0.748. The van der Waals surface area contributed by atoms with Gasteiger partial charge in [0.05, 0.1) is 5.69 Å². The van der Waals surface area contributed by atoms with Crippen LogP contribution in [-0.2, 0) is 5.41 Å². The van der Waals surface area contributed by atoms with E-state index >= 15 is 0 Å². The third-order valence-corrected chi connectivity index (χ3v) is 2.34. The van der Waals surface area contributed by atoms with Gasteiger partial charge in [0.2, 0.25) is 0 Å². The topological polar surface area (TPSA) is 81.2 Å². The van der Waals surface area contributed by atoms with Gasteiger partial charge in [0.25, 0.3) is 5.89 Å². The summed E-state index contributed by atoms with van der Waals surface area (Å²) in [4.78, 5) is 15.8. The van der Waals surface area contributed by atoms with Crippen LogP contribution in [-0.4, -0.2) is 24.0 Å². The lowest BCUT2D eigenvalue weighted by molar-refractivity contribution is 0.0915. The van der Waals surface area contributed by atoms with E-state index in [1.54, 1.807) is 0 Å². The summed E-state index contributed by atoms with van der Waals surface area (Å²) in [6.45, 7) is 9.02. The Morgan fingerprint density at radius 3 is 2.59 bits per heavy atom. The number of carbonyl (C=O) groups is 1. The van der Waals surface area contributed by atoms with Crippen molar-refractivity contribution in [2.24, 2.45) is 5.73 Å². The minimum Gasteiger partial charge on any atom is -0.437 e. The molecule has 1 heterocycles.